The SMILES string of the molecule is CCCCC[N+]1=C(/C=C/C2=C(Cl)C(=C/C=C3/N(CCCCCC(=O)N[C@H]4C[C@H](O[C@H]5C[C@](O)(C(=O)CO)Cc6c(O)c7c(c(O)c65)C(=O)c5c(OC)cccc5C7=O)O[C@@H](C)[C@@H]4O)c4ccccc4C3(C)C)/CCC2)C(C)(C)c2ccccc21. The van der Waals surface area contributed by atoms with Crippen molar-refractivity contribution in [1.82, 2.24) is 5.32 Å². The number of nitrogens with one attached hydrogen (secondary N) is 1. The number of ether oxygens (including phenoxy) is 3. The summed E-state index contributed by atoms with van der Waals surface area (Å²) in [6, 6.07) is 20.8. The molecule has 4 aromatic rings. The highest BCUT2D eigenvalue weighted by molar-refractivity contribution is 6.33. The Morgan fingerprint density at radius 2 is 1.61 bits per heavy atom. The Balaban J connectivity index is 0.805. The number of aliphatic hydroxyl groups is 3. The first kappa shape index (κ1) is 60.4. The molecule has 0 unspecified atom stereocenters. The fourth-order valence-corrected chi connectivity index (χ4v) is 14.0. The number of Topliss-reactive ketones (excluding diaryl/α,β-unsaturated/α-hetero) is 1. The van der Waals surface area contributed by atoms with Crippen molar-refractivity contribution >= 4 is 51.9 Å². The third-order valence-corrected chi connectivity index (χ3v) is 18.8. The molecule has 1 fully saturated rings. The zero-order valence-corrected chi connectivity index (χ0v) is 50.0. The van der Waals surface area contributed by atoms with E-state index in [-0.39, 0.29) is 57.6 Å². The molecule has 6 aliphatic rings. The number of aromatic hydroxyl groups is 2. The van der Waals surface area contributed by atoms with Crippen LogP contribution in [0.2, 0.25) is 0 Å². The molecule has 0 bridgehead atoms. The number of nitrogens with zero attached hydrogens (tertiary/aromatic N) is 2. The average molecular weight is 1170 g/mol. The Kier molecular flexibility index (Phi) is 17.5. The first-order valence-electron chi connectivity index (χ1n) is 29.8. The Hall–Kier alpha value is -6.72. The highest BCUT2D eigenvalue weighted by Gasteiger charge is 2.51. The summed E-state index contributed by atoms with van der Waals surface area (Å²) in [5.41, 5.74) is 5.42. The molecule has 15 nitrogen and oxygen atoms in total. The van der Waals surface area contributed by atoms with E-state index in [1.54, 1.807) is 6.92 Å². The van der Waals surface area contributed by atoms with Gasteiger partial charge in [-0.15, -0.1) is 0 Å². The lowest BCUT2D eigenvalue weighted by Gasteiger charge is -2.43. The Labute approximate surface area is 497 Å². The number of hydrogen-bond donors (Lipinski definition) is 6. The van der Waals surface area contributed by atoms with Crippen LogP contribution in [0.5, 0.6) is 17.2 Å². The molecule has 6 atom stereocenters. The Morgan fingerprint density at radius 1 is 0.869 bits per heavy atom. The highest BCUT2D eigenvalue weighted by Crippen LogP contribution is 2.53. The van der Waals surface area contributed by atoms with Crippen molar-refractivity contribution in [3.05, 3.63) is 157 Å². The van der Waals surface area contributed by atoms with Crippen molar-refractivity contribution in [3.63, 3.8) is 0 Å². The number of para-hydroxylation sites is 2. The number of hydrogen-bond acceptors (Lipinski definition) is 13. The number of amides is 1. The van der Waals surface area contributed by atoms with E-state index in [1.165, 1.54) is 66.4 Å². The minimum Gasteiger partial charge on any atom is -0.507 e. The average Bonchev–Trinajstić information content (AvgIpc) is 1.07. The number of anilines is 1. The lowest BCUT2D eigenvalue weighted by Crippen LogP contribution is -2.55. The minimum absolute atomic E-state index is 0.0734. The summed E-state index contributed by atoms with van der Waals surface area (Å²) in [4.78, 5) is 57.4. The van der Waals surface area contributed by atoms with Gasteiger partial charge in [0.1, 0.15) is 42.1 Å². The Bertz CT molecular complexity index is 3460. The second kappa shape index (κ2) is 24.3. The van der Waals surface area contributed by atoms with E-state index in [0.29, 0.717) is 6.42 Å². The molecule has 10 rings (SSSR count). The number of methoxy groups -OCH3 is 1. The number of aliphatic hydroxyl groups excluding tert-OH is 2. The van der Waals surface area contributed by atoms with Crippen molar-refractivity contribution in [2.24, 2.45) is 0 Å². The lowest BCUT2D eigenvalue weighted by molar-refractivity contribution is -0.438. The summed E-state index contributed by atoms with van der Waals surface area (Å²) in [6.45, 7) is 13.6. The molecule has 3 aliphatic carbocycles. The van der Waals surface area contributed by atoms with Crippen molar-refractivity contribution in [1.29, 1.82) is 0 Å². The van der Waals surface area contributed by atoms with Gasteiger partial charge >= 0.3 is 0 Å². The molecule has 6 N–H and O–H groups in total. The molecular formula is C68H79ClN3O12+. The summed E-state index contributed by atoms with van der Waals surface area (Å²) in [5, 5.41) is 60.6. The number of fused-ring (bicyclic) bond motifs is 5. The van der Waals surface area contributed by atoms with Crippen molar-refractivity contribution in [2.75, 3.05) is 31.7 Å². The number of phenolic OH excluding ortho intramolecular Hbond substituents is 2. The molecule has 444 valence electrons. The maximum absolute atomic E-state index is 14.2. The third kappa shape index (κ3) is 11.0. The summed E-state index contributed by atoms with van der Waals surface area (Å²) in [7, 11) is 1.33. The molecule has 4 aromatic carbocycles. The molecule has 1 amide bonds. The zero-order valence-electron chi connectivity index (χ0n) is 49.2. The number of benzene rings is 4. The van der Waals surface area contributed by atoms with Gasteiger partial charge in [0.2, 0.25) is 17.4 Å². The second-order valence-corrected chi connectivity index (χ2v) is 24.8. The van der Waals surface area contributed by atoms with E-state index >= 15 is 0 Å². The van der Waals surface area contributed by atoms with Crippen LogP contribution in [-0.2, 0) is 36.3 Å². The summed E-state index contributed by atoms with van der Waals surface area (Å²) in [5.74, 6) is -4.26. The molecule has 16 heteroatoms. The highest BCUT2D eigenvalue weighted by atomic mass is 35.5. The largest absolute Gasteiger partial charge is 0.507 e. The number of carbonyl (C=O) groups excluding carboxylic acids is 4. The third-order valence-electron chi connectivity index (χ3n) is 18.3. The monoisotopic (exact) mass is 1160 g/mol. The van der Waals surface area contributed by atoms with E-state index in [1.807, 2.05) is 0 Å². The topological polar surface area (TPSA) is 215 Å². The van der Waals surface area contributed by atoms with E-state index in [2.05, 4.69) is 122 Å². The van der Waals surface area contributed by atoms with Crippen LogP contribution in [-0.4, -0.2) is 116 Å². The van der Waals surface area contributed by atoms with Crippen LogP contribution in [0.1, 0.15) is 179 Å². The molecular weight excluding hydrogens is 1090 g/mol. The normalized spacial score (nSPS) is 25.0. The fourth-order valence-electron chi connectivity index (χ4n) is 13.7. The summed E-state index contributed by atoms with van der Waals surface area (Å²) < 4.78 is 20.4. The molecule has 0 radical (unpaired) electrons. The number of ketones is 3. The number of rotatable bonds is 19. The number of carbonyl (C=O) groups is 4. The smallest absolute Gasteiger partial charge is 0.220 e. The van der Waals surface area contributed by atoms with Gasteiger partial charge in [-0.25, -0.2) is 0 Å². The number of phenols is 2. The predicted octanol–water partition coefficient (Wildman–Crippen LogP) is 10.8. The van der Waals surface area contributed by atoms with Crippen LogP contribution in [0.15, 0.2) is 113 Å². The van der Waals surface area contributed by atoms with Crippen LogP contribution in [0, 0.1) is 0 Å². The van der Waals surface area contributed by atoms with Crippen LogP contribution in [0.3, 0.4) is 0 Å². The molecule has 1 saturated heterocycles. The predicted molar refractivity (Wildman–Crippen MR) is 322 cm³/mol. The van der Waals surface area contributed by atoms with E-state index < -0.39 is 95.7 Å². The van der Waals surface area contributed by atoms with Crippen molar-refractivity contribution in [2.45, 2.75) is 172 Å². The van der Waals surface area contributed by atoms with Crippen LogP contribution < -0.4 is 15.0 Å². The second-order valence-electron chi connectivity index (χ2n) is 24.4. The molecule has 0 aromatic heterocycles. The van der Waals surface area contributed by atoms with E-state index in [0.717, 1.165) is 73.5 Å². The van der Waals surface area contributed by atoms with Gasteiger partial charge in [0, 0.05) is 94.9 Å². The quantitative estimate of drug-likeness (QED) is 0.0258. The van der Waals surface area contributed by atoms with E-state index in [9.17, 15) is 44.7 Å². The van der Waals surface area contributed by atoms with Gasteiger partial charge in [0.25, 0.3) is 0 Å². The Morgan fingerprint density at radius 3 is 2.36 bits per heavy atom. The maximum Gasteiger partial charge on any atom is 0.220 e. The lowest BCUT2D eigenvalue weighted by atomic mass is 9.72. The number of allylic oxidation sites excluding steroid dienone is 8. The fraction of sp³-hybridized carbons (Fsp3) is 0.456. The van der Waals surface area contributed by atoms with Gasteiger partial charge in [-0.2, -0.15) is 4.58 Å². The van der Waals surface area contributed by atoms with Gasteiger partial charge < -0.3 is 50.0 Å². The summed E-state index contributed by atoms with van der Waals surface area (Å²) >= 11 is 7.35. The van der Waals surface area contributed by atoms with Crippen molar-refractivity contribution in [3.8, 4) is 17.2 Å². The zero-order chi connectivity index (χ0) is 60.0. The molecule has 84 heavy (non-hydrogen) atoms. The summed E-state index contributed by atoms with van der Waals surface area (Å²) in [6.07, 6.45) is 11.6. The van der Waals surface area contributed by atoms with Crippen LogP contribution in [0.4, 0.5) is 11.4 Å². The van der Waals surface area contributed by atoms with Gasteiger partial charge in [-0.05, 0) is 94.2 Å². The maximum atomic E-state index is 14.2. The molecule has 0 spiro atoms. The van der Waals surface area contributed by atoms with Gasteiger partial charge in [0.15, 0.2) is 23.6 Å². The van der Waals surface area contributed by atoms with Crippen LogP contribution in [0.25, 0.3) is 0 Å². The molecule has 3 heterocycles. The number of unbranched alkanes of at least 4 members (excludes halogenated alkanes) is 4. The molecule has 3 aliphatic heterocycles. The standard InChI is InChI=1S/C68H78ClN3O12/c1-8-9-16-33-71-47-25-14-12-23-44(47)66(3,4)51(71)31-29-40-20-18-21-41(60(40)69)30-32-52-67(5,6)45-24-13-15-26-48(45)72(52)34-17-10-11-28-54(75)70-46-35-55(83-39(2)61(46)76)84-50-37-68(81,53(74)38-73)36-43-57(50)65(80)59-58(63(43)78)62(77)42-22-19-27-49(82-7)56(42)64(59)79/h12-15,19,22-27,29-32,39,46,50,55,61,73,76,81H,8-11,16-18,20-21,28,33-38H2,1-7H3,(H2-,70,75,77,78,79,80)/p+1/t39-,46-,50-,55-,61-,68-/m0/s1. The van der Waals surface area contributed by atoms with Crippen LogP contribution >= 0.6 is 11.6 Å². The first-order valence-corrected chi connectivity index (χ1v) is 30.2. The molecule has 0 saturated carbocycles. The van der Waals surface area contributed by atoms with E-state index in [4.69, 9.17) is 25.8 Å². The van der Waals surface area contributed by atoms with Gasteiger partial charge in [0.05, 0.1) is 47.5 Å². The van der Waals surface area contributed by atoms with Gasteiger partial charge in [-0.1, -0.05) is 106 Å². The van der Waals surface area contributed by atoms with Gasteiger partial charge in [-0.3, -0.25) is 19.2 Å². The van der Waals surface area contributed by atoms with Crippen molar-refractivity contribution < 1.29 is 63.5 Å². The first-order chi connectivity index (χ1) is 40.2. The minimum atomic E-state index is -2.34. The number of halogens is 1.